The fraction of sp³-hybridized carbons (Fsp3) is 0.111. The number of aromatic carboxylic acids is 2. The minimum Gasteiger partial charge on any atom is -0.545 e. The van der Waals surface area contributed by atoms with Crippen molar-refractivity contribution >= 4 is 23.9 Å². The fourth-order valence-electron chi connectivity index (χ4n) is 1.76. The molecule has 2 aromatic carbocycles. The first kappa shape index (κ1) is 23.8. The molecule has 2 aromatic rings. The van der Waals surface area contributed by atoms with Gasteiger partial charge in [0.2, 0.25) is 0 Å². The average Bonchev–Trinajstić information content (AvgIpc) is 2.55. The predicted octanol–water partition coefficient (Wildman–Crippen LogP) is -0.0517. The Kier molecular flexibility index (Phi) is 10.1. The van der Waals surface area contributed by atoms with E-state index in [0.717, 1.165) is 0 Å². The Hall–Kier alpha value is -3.17. The molecule has 0 unspecified atom stereocenters. The van der Waals surface area contributed by atoms with Crippen molar-refractivity contribution in [1.29, 1.82) is 0 Å². The first-order chi connectivity index (χ1) is 12.2. The van der Waals surface area contributed by atoms with Gasteiger partial charge in [-0.2, -0.15) is 0 Å². The molecule has 0 aromatic heterocycles. The van der Waals surface area contributed by atoms with Crippen molar-refractivity contribution in [2.45, 2.75) is 13.8 Å². The summed E-state index contributed by atoms with van der Waals surface area (Å²) < 4.78 is 9.29. The molecular formula is C18H14CoO8. The van der Waals surface area contributed by atoms with Gasteiger partial charge in [-0.1, -0.05) is 24.3 Å². The van der Waals surface area contributed by atoms with Crippen molar-refractivity contribution in [1.82, 2.24) is 0 Å². The maximum atomic E-state index is 10.6. The third-order valence-corrected chi connectivity index (χ3v) is 2.72. The second-order valence-corrected chi connectivity index (χ2v) is 4.75. The first-order valence-corrected chi connectivity index (χ1v) is 7.20. The summed E-state index contributed by atoms with van der Waals surface area (Å²) in [5.74, 6) is -3.83. The van der Waals surface area contributed by atoms with Crippen LogP contribution < -0.4 is 19.7 Å². The van der Waals surface area contributed by atoms with Crippen LogP contribution in [-0.4, -0.2) is 23.9 Å². The molecule has 0 spiro atoms. The normalized spacial score (nSPS) is 8.96. The van der Waals surface area contributed by atoms with Crippen molar-refractivity contribution < 1.29 is 55.6 Å². The third kappa shape index (κ3) is 8.16. The molecule has 0 aliphatic carbocycles. The molecule has 0 atom stereocenters. The monoisotopic (exact) mass is 417 g/mol. The van der Waals surface area contributed by atoms with Crippen LogP contribution in [-0.2, 0) is 26.4 Å². The molecule has 0 bridgehead atoms. The Bertz CT molecular complexity index is 762. The number of benzene rings is 2. The van der Waals surface area contributed by atoms with Crippen LogP contribution in [0.2, 0.25) is 0 Å². The van der Waals surface area contributed by atoms with E-state index in [1.165, 1.54) is 50.2 Å². The van der Waals surface area contributed by atoms with Crippen molar-refractivity contribution in [2.75, 3.05) is 0 Å². The van der Waals surface area contributed by atoms with E-state index in [1.54, 1.807) is 12.1 Å². The van der Waals surface area contributed by atoms with Gasteiger partial charge in [-0.3, -0.25) is 9.59 Å². The van der Waals surface area contributed by atoms with E-state index < -0.39 is 23.9 Å². The van der Waals surface area contributed by atoms with Gasteiger partial charge in [0.1, 0.15) is 11.5 Å². The fourth-order valence-corrected chi connectivity index (χ4v) is 1.76. The van der Waals surface area contributed by atoms with Gasteiger partial charge < -0.3 is 29.3 Å². The van der Waals surface area contributed by atoms with E-state index >= 15 is 0 Å². The first-order valence-electron chi connectivity index (χ1n) is 7.20. The number of hydrogen-bond donors (Lipinski definition) is 0. The predicted molar refractivity (Wildman–Crippen MR) is 84.2 cm³/mol. The summed E-state index contributed by atoms with van der Waals surface area (Å²) in [5.41, 5.74) is -0.254. The summed E-state index contributed by atoms with van der Waals surface area (Å²) in [6.07, 6.45) is 0. The van der Waals surface area contributed by atoms with E-state index in [1.807, 2.05) is 0 Å². The van der Waals surface area contributed by atoms with E-state index in [2.05, 4.69) is 9.47 Å². The number of esters is 2. The van der Waals surface area contributed by atoms with Crippen molar-refractivity contribution in [3.63, 3.8) is 0 Å². The molecule has 0 amide bonds. The number of carbonyl (C=O) groups excluding carboxylic acids is 4. The molecule has 1 radical (unpaired) electrons. The van der Waals surface area contributed by atoms with Gasteiger partial charge in [0.25, 0.3) is 0 Å². The summed E-state index contributed by atoms with van der Waals surface area (Å²) in [6, 6.07) is 11.6. The molecule has 27 heavy (non-hydrogen) atoms. The van der Waals surface area contributed by atoms with Crippen molar-refractivity contribution in [3.05, 3.63) is 59.7 Å². The molecule has 8 nitrogen and oxygen atoms in total. The zero-order valence-corrected chi connectivity index (χ0v) is 15.3. The summed E-state index contributed by atoms with van der Waals surface area (Å²) in [5, 5.41) is 21.0. The van der Waals surface area contributed by atoms with E-state index in [9.17, 15) is 29.4 Å². The van der Waals surface area contributed by atoms with Gasteiger partial charge >= 0.3 is 28.7 Å². The van der Waals surface area contributed by atoms with Crippen molar-refractivity contribution in [2.24, 2.45) is 0 Å². The number of carboxylic acids is 2. The number of rotatable bonds is 4. The van der Waals surface area contributed by atoms with E-state index in [-0.39, 0.29) is 39.4 Å². The van der Waals surface area contributed by atoms with Crippen molar-refractivity contribution in [3.8, 4) is 11.5 Å². The Morgan fingerprint density at radius 2 is 0.963 bits per heavy atom. The molecule has 9 heteroatoms. The standard InChI is InChI=1S/2C9H8O4.Co/c2*1-6(10)13-8-5-3-2-4-7(8)9(11)12;/h2*2-5H,1H3,(H,11,12);/q;;+2/p-2. The van der Waals surface area contributed by atoms with Gasteiger partial charge in [0.05, 0.1) is 11.9 Å². The Morgan fingerprint density at radius 3 is 1.22 bits per heavy atom. The Labute approximate surface area is 164 Å². The number of hydrogen-bond acceptors (Lipinski definition) is 8. The maximum absolute atomic E-state index is 10.6. The van der Waals surface area contributed by atoms with Crippen LogP contribution in [0.4, 0.5) is 0 Å². The molecule has 0 aliphatic rings. The smallest absolute Gasteiger partial charge is 0.545 e. The molecule has 0 saturated carbocycles. The largest absolute Gasteiger partial charge is 2.00 e. The van der Waals surface area contributed by atoms with Gasteiger partial charge in [0.15, 0.2) is 0 Å². The van der Waals surface area contributed by atoms with Crippen LogP contribution in [0, 0.1) is 0 Å². The molecule has 2 rings (SSSR count). The summed E-state index contributed by atoms with van der Waals surface area (Å²) in [4.78, 5) is 42.1. The van der Waals surface area contributed by atoms with Crippen LogP contribution in [0.15, 0.2) is 48.5 Å². The molecule has 0 saturated heterocycles. The van der Waals surface area contributed by atoms with Crippen LogP contribution in [0.1, 0.15) is 34.6 Å². The molecular weight excluding hydrogens is 403 g/mol. The molecule has 143 valence electrons. The van der Waals surface area contributed by atoms with Crippen LogP contribution in [0.5, 0.6) is 11.5 Å². The molecule has 0 N–H and O–H groups in total. The minimum absolute atomic E-state index is 0. The third-order valence-electron chi connectivity index (χ3n) is 2.72. The van der Waals surface area contributed by atoms with Crippen LogP contribution in [0.3, 0.4) is 0 Å². The SMILES string of the molecule is CC(=O)Oc1ccccc1C(=O)[O-].CC(=O)Oc1ccccc1C(=O)[O-].[Co+2]. The Morgan fingerprint density at radius 1 is 0.667 bits per heavy atom. The van der Waals surface area contributed by atoms with Gasteiger partial charge in [0, 0.05) is 25.0 Å². The van der Waals surface area contributed by atoms with Crippen LogP contribution in [0.25, 0.3) is 0 Å². The van der Waals surface area contributed by atoms with Gasteiger partial charge in [-0.15, -0.1) is 0 Å². The topological polar surface area (TPSA) is 133 Å². The second kappa shape index (κ2) is 11.4. The zero-order valence-electron chi connectivity index (χ0n) is 14.2. The van der Waals surface area contributed by atoms with Gasteiger partial charge in [-0.05, 0) is 24.3 Å². The molecule has 0 aliphatic heterocycles. The average molecular weight is 417 g/mol. The summed E-state index contributed by atoms with van der Waals surface area (Å²) in [6.45, 7) is 2.40. The number of carbonyl (C=O) groups is 4. The zero-order chi connectivity index (χ0) is 19.7. The molecule has 0 fully saturated rings. The van der Waals surface area contributed by atoms with Crippen LogP contribution >= 0.6 is 0 Å². The minimum atomic E-state index is -1.36. The van der Waals surface area contributed by atoms with E-state index in [4.69, 9.17) is 0 Å². The number of ether oxygens (including phenoxy) is 2. The van der Waals surface area contributed by atoms with Gasteiger partial charge in [-0.25, -0.2) is 0 Å². The molecule has 0 heterocycles. The maximum Gasteiger partial charge on any atom is 2.00 e. The quantitative estimate of drug-likeness (QED) is 0.500. The van der Waals surface area contributed by atoms with E-state index in [0.29, 0.717) is 0 Å². The summed E-state index contributed by atoms with van der Waals surface area (Å²) in [7, 11) is 0. The second-order valence-electron chi connectivity index (χ2n) is 4.75. The Balaban J connectivity index is 0.000000483. The number of para-hydroxylation sites is 2. The number of carboxylic acid groups (broad SMARTS) is 2. The summed E-state index contributed by atoms with van der Waals surface area (Å²) >= 11 is 0.